The van der Waals surface area contributed by atoms with E-state index in [2.05, 4.69) is 6.58 Å². The molecule has 1 unspecified atom stereocenters. The quantitative estimate of drug-likeness (QED) is 0.482. The van der Waals surface area contributed by atoms with Crippen LogP contribution in [0.15, 0.2) is 61.2 Å². The van der Waals surface area contributed by atoms with E-state index in [1.165, 1.54) is 6.08 Å². The van der Waals surface area contributed by atoms with Crippen molar-refractivity contribution in [2.45, 2.75) is 13.0 Å². The third kappa shape index (κ3) is 7.03. The van der Waals surface area contributed by atoms with Gasteiger partial charge in [0, 0.05) is 0 Å². The predicted molar refractivity (Wildman–Crippen MR) is 102 cm³/mol. The first-order chi connectivity index (χ1) is 13.1. The fourth-order valence-electron chi connectivity index (χ4n) is 2.14. The van der Waals surface area contributed by atoms with Gasteiger partial charge >= 0.3 is 5.97 Å². The van der Waals surface area contributed by atoms with Gasteiger partial charge in [-0.25, -0.2) is 4.79 Å². The minimum Gasteiger partial charge on any atom is -0.494 e. The van der Waals surface area contributed by atoms with E-state index in [9.17, 15) is 9.90 Å². The van der Waals surface area contributed by atoms with E-state index in [0.717, 1.165) is 5.75 Å². The molecule has 0 aliphatic carbocycles. The van der Waals surface area contributed by atoms with Crippen molar-refractivity contribution in [3.05, 3.63) is 66.7 Å². The van der Waals surface area contributed by atoms with Crippen molar-refractivity contribution >= 4 is 5.97 Å². The molecule has 0 saturated heterocycles. The lowest BCUT2D eigenvalue weighted by atomic mass is 10.2. The third-order valence-corrected chi connectivity index (χ3v) is 3.44. The van der Waals surface area contributed by atoms with Gasteiger partial charge in [0.2, 0.25) is 0 Å². The van der Waals surface area contributed by atoms with Crippen molar-refractivity contribution in [1.29, 1.82) is 0 Å². The Balaban J connectivity index is 1.73. The molecule has 0 aliphatic rings. The van der Waals surface area contributed by atoms with E-state index >= 15 is 0 Å². The lowest BCUT2D eigenvalue weighted by molar-refractivity contribution is 0.0548. The van der Waals surface area contributed by atoms with Gasteiger partial charge in [-0.2, -0.15) is 0 Å². The topological polar surface area (TPSA) is 74.2 Å². The molecule has 0 aromatic heterocycles. The van der Waals surface area contributed by atoms with E-state index in [-0.39, 0.29) is 19.8 Å². The standard InChI is InChI=1S/C21H24O6/c1-3-13-25-21(23)16-5-7-19(8-6-16)26-14-17(22)15-27-20-11-9-18(10-12-20)24-4-2/h3,5-12,17,22H,1,4,13-15H2,2H3. The molecule has 2 aromatic carbocycles. The number of carbonyl (C=O) groups excluding carboxylic acids is 1. The highest BCUT2D eigenvalue weighted by Crippen LogP contribution is 2.18. The molecule has 0 saturated carbocycles. The molecule has 0 heterocycles. The molecule has 6 nitrogen and oxygen atoms in total. The van der Waals surface area contributed by atoms with Crippen LogP contribution in [0.2, 0.25) is 0 Å². The SMILES string of the molecule is C=CCOC(=O)c1ccc(OCC(O)COc2ccc(OCC)cc2)cc1. The second-order valence-corrected chi connectivity index (χ2v) is 5.59. The van der Waals surface area contributed by atoms with Crippen molar-refractivity contribution in [1.82, 2.24) is 0 Å². The number of aliphatic hydroxyl groups excluding tert-OH is 1. The van der Waals surface area contributed by atoms with E-state index in [1.54, 1.807) is 36.4 Å². The zero-order chi connectivity index (χ0) is 19.5. The molecular weight excluding hydrogens is 348 g/mol. The van der Waals surface area contributed by atoms with E-state index in [0.29, 0.717) is 23.7 Å². The van der Waals surface area contributed by atoms with E-state index < -0.39 is 12.1 Å². The number of hydrogen-bond acceptors (Lipinski definition) is 6. The van der Waals surface area contributed by atoms with Crippen molar-refractivity contribution in [2.24, 2.45) is 0 Å². The summed E-state index contributed by atoms with van der Waals surface area (Å²) in [5.41, 5.74) is 0.420. The van der Waals surface area contributed by atoms with Crippen molar-refractivity contribution in [3.63, 3.8) is 0 Å². The Hall–Kier alpha value is -2.99. The number of hydrogen-bond donors (Lipinski definition) is 1. The smallest absolute Gasteiger partial charge is 0.338 e. The average molecular weight is 372 g/mol. The monoisotopic (exact) mass is 372 g/mol. The summed E-state index contributed by atoms with van der Waals surface area (Å²) in [6.45, 7) is 6.34. The van der Waals surface area contributed by atoms with Crippen LogP contribution in [0.3, 0.4) is 0 Å². The zero-order valence-electron chi connectivity index (χ0n) is 15.3. The van der Waals surface area contributed by atoms with Gasteiger partial charge in [-0.1, -0.05) is 12.7 Å². The molecular formula is C21H24O6. The molecule has 144 valence electrons. The lowest BCUT2D eigenvalue weighted by Gasteiger charge is -2.14. The average Bonchev–Trinajstić information content (AvgIpc) is 2.70. The zero-order valence-corrected chi connectivity index (χ0v) is 15.3. The molecule has 1 atom stereocenters. The molecule has 0 radical (unpaired) electrons. The number of aliphatic hydroxyl groups is 1. The summed E-state index contributed by atoms with van der Waals surface area (Å²) in [6, 6.07) is 13.7. The fourth-order valence-corrected chi connectivity index (χ4v) is 2.14. The Morgan fingerprint density at radius 1 is 0.963 bits per heavy atom. The third-order valence-electron chi connectivity index (χ3n) is 3.44. The maximum Gasteiger partial charge on any atom is 0.338 e. The summed E-state index contributed by atoms with van der Waals surface area (Å²) >= 11 is 0. The Morgan fingerprint density at radius 3 is 1.93 bits per heavy atom. The highest BCUT2D eigenvalue weighted by molar-refractivity contribution is 5.89. The Morgan fingerprint density at radius 2 is 1.44 bits per heavy atom. The molecule has 0 amide bonds. The van der Waals surface area contributed by atoms with E-state index in [1.807, 2.05) is 19.1 Å². The van der Waals surface area contributed by atoms with Crippen LogP contribution >= 0.6 is 0 Å². The van der Waals surface area contributed by atoms with Crippen LogP contribution in [-0.2, 0) is 4.74 Å². The maximum absolute atomic E-state index is 11.7. The molecule has 2 aromatic rings. The Bertz CT molecular complexity index is 708. The van der Waals surface area contributed by atoms with Gasteiger partial charge in [0.05, 0.1) is 12.2 Å². The molecule has 0 aliphatic heterocycles. The van der Waals surface area contributed by atoms with Crippen LogP contribution in [0.5, 0.6) is 17.2 Å². The first kappa shape index (κ1) is 20.3. The highest BCUT2D eigenvalue weighted by Gasteiger charge is 2.09. The summed E-state index contributed by atoms with van der Waals surface area (Å²) in [5.74, 6) is 1.52. The summed E-state index contributed by atoms with van der Waals surface area (Å²) in [7, 11) is 0. The minimum atomic E-state index is -0.797. The molecule has 0 bridgehead atoms. The Labute approximate surface area is 158 Å². The van der Waals surface area contributed by atoms with E-state index in [4.69, 9.17) is 18.9 Å². The van der Waals surface area contributed by atoms with Crippen LogP contribution < -0.4 is 14.2 Å². The number of esters is 1. The van der Waals surface area contributed by atoms with Gasteiger partial charge in [-0.3, -0.25) is 0 Å². The van der Waals surface area contributed by atoms with Crippen molar-refractivity contribution in [2.75, 3.05) is 26.4 Å². The van der Waals surface area contributed by atoms with Crippen LogP contribution in [0.25, 0.3) is 0 Å². The highest BCUT2D eigenvalue weighted by atomic mass is 16.5. The van der Waals surface area contributed by atoms with Gasteiger partial charge in [0.15, 0.2) is 0 Å². The molecule has 6 heteroatoms. The fraction of sp³-hybridized carbons (Fsp3) is 0.286. The van der Waals surface area contributed by atoms with Gasteiger partial charge in [0.1, 0.15) is 43.2 Å². The van der Waals surface area contributed by atoms with Crippen molar-refractivity contribution in [3.8, 4) is 17.2 Å². The summed E-state index contributed by atoms with van der Waals surface area (Å²) in [6.07, 6.45) is 0.709. The number of carbonyl (C=O) groups is 1. The number of rotatable bonds is 11. The number of benzene rings is 2. The minimum absolute atomic E-state index is 0.0668. The van der Waals surface area contributed by atoms with Crippen LogP contribution in [0.1, 0.15) is 17.3 Å². The second kappa shape index (κ2) is 10.9. The summed E-state index contributed by atoms with van der Waals surface area (Å²) in [4.78, 5) is 11.7. The molecule has 0 fully saturated rings. The van der Waals surface area contributed by atoms with Crippen LogP contribution in [0, 0.1) is 0 Å². The molecule has 0 spiro atoms. The maximum atomic E-state index is 11.7. The van der Waals surface area contributed by atoms with Crippen molar-refractivity contribution < 1.29 is 28.8 Å². The lowest BCUT2D eigenvalue weighted by Crippen LogP contribution is -2.25. The molecule has 2 rings (SSSR count). The number of ether oxygens (including phenoxy) is 4. The van der Waals surface area contributed by atoms with Crippen LogP contribution in [0.4, 0.5) is 0 Å². The van der Waals surface area contributed by atoms with Gasteiger partial charge in [-0.15, -0.1) is 0 Å². The Kier molecular flexibility index (Phi) is 8.19. The summed E-state index contributed by atoms with van der Waals surface area (Å²) < 4.78 is 21.3. The second-order valence-electron chi connectivity index (χ2n) is 5.59. The van der Waals surface area contributed by atoms with Gasteiger partial charge < -0.3 is 24.1 Å². The van der Waals surface area contributed by atoms with Gasteiger partial charge in [0.25, 0.3) is 0 Å². The summed E-state index contributed by atoms with van der Waals surface area (Å²) in [5, 5.41) is 9.99. The normalized spacial score (nSPS) is 11.3. The largest absolute Gasteiger partial charge is 0.494 e. The predicted octanol–water partition coefficient (Wildman–Crippen LogP) is 3.25. The van der Waals surface area contributed by atoms with Crippen LogP contribution in [-0.4, -0.2) is 43.6 Å². The molecule has 1 N–H and O–H groups in total. The van der Waals surface area contributed by atoms with Gasteiger partial charge in [-0.05, 0) is 55.5 Å². The first-order valence-corrected chi connectivity index (χ1v) is 8.67. The molecule has 27 heavy (non-hydrogen) atoms. The first-order valence-electron chi connectivity index (χ1n) is 8.67.